The predicted molar refractivity (Wildman–Crippen MR) is 100 cm³/mol. The molecule has 0 atom stereocenters. The zero-order chi connectivity index (χ0) is 18.9. The summed E-state index contributed by atoms with van der Waals surface area (Å²) in [6.07, 6.45) is 4.74. The van der Waals surface area contributed by atoms with Crippen molar-refractivity contribution in [3.8, 4) is 5.75 Å². The van der Waals surface area contributed by atoms with Crippen LogP contribution >= 0.6 is 0 Å². The van der Waals surface area contributed by atoms with E-state index in [9.17, 15) is 14.9 Å². The van der Waals surface area contributed by atoms with Crippen molar-refractivity contribution in [2.24, 2.45) is 5.10 Å². The third-order valence-corrected chi connectivity index (χ3v) is 3.31. The van der Waals surface area contributed by atoms with Gasteiger partial charge in [0.1, 0.15) is 5.75 Å². The fourth-order valence-corrected chi connectivity index (χ4v) is 2.21. The first kappa shape index (κ1) is 18.9. The summed E-state index contributed by atoms with van der Waals surface area (Å²) in [4.78, 5) is 21.8. The number of carbonyl (C=O) groups excluding carboxylic acids is 1. The maximum Gasteiger partial charge on any atom is 0.277 e. The number of hydrogen-bond donors (Lipinski definition) is 1. The quantitative estimate of drug-likeness (QED) is 0.469. The molecular weight excluding hydrogens is 334 g/mol. The van der Waals surface area contributed by atoms with Gasteiger partial charge in [-0.25, -0.2) is 5.43 Å². The predicted octanol–water partition coefficient (Wildman–Crippen LogP) is 3.41. The van der Waals surface area contributed by atoms with Crippen LogP contribution in [0.3, 0.4) is 0 Å². The Bertz CT molecular complexity index is 822. The molecule has 0 unspecified atom stereocenters. The van der Waals surface area contributed by atoms with E-state index in [-0.39, 0.29) is 18.2 Å². The van der Waals surface area contributed by atoms with Gasteiger partial charge in [-0.3, -0.25) is 14.9 Å². The lowest BCUT2D eigenvalue weighted by atomic mass is 10.1. The van der Waals surface area contributed by atoms with Crippen molar-refractivity contribution in [1.82, 2.24) is 5.43 Å². The highest BCUT2D eigenvalue weighted by atomic mass is 16.6. The average molecular weight is 353 g/mol. The van der Waals surface area contributed by atoms with Gasteiger partial charge in [-0.05, 0) is 60.9 Å². The van der Waals surface area contributed by atoms with E-state index in [2.05, 4.69) is 10.5 Å². The molecule has 0 aliphatic heterocycles. The molecule has 7 nitrogen and oxygen atoms in total. The Morgan fingerprint density at radius 2 is 1.85 bits per heavy atom. The van der Waals surface area contributed by atoms with E-state index in [4.69, 9.17) is 4.74 Å². The lowest BCUT2D eigenvalue weighted by Crippen LogP contribution is -2.24. The van der Waals surface area contributed by atoms with Gasteiger partial charge >= 0.3 is 0 Å². The maximum absolute atomic E-state index is 11.7. The molecule has 0 aliphatic carbocycles. The van der Waals surface area contributed by atoms with Gasteiger partial charge in [0.05, 0.1) is 4.92 Å². The van der Waals surface area contributed by atoms with Gasteiger partial charge in [0.2, 0.25) is 0 Å². The number of allylic oxidation sites excluding steroid dienone is 1. The van der Waals surface area contributed by atoms with E-state index < -0.39 is 4.92 Å². The maximum atomic E-state index is 11.7. The summed E-state index contributed by atoms with van der Waals surface area (Å²) in [7, 11) is 0. The summed E-state index contributed by atoms with van der Waals surface area (Å²) in [6, 6.07) is 11.8. The van der Waals surface area contributed by atoms with Crippen LogP contribution in [-0.2, 0) is 4.79 Å². The molecule has 26 heavy (non-hydrogen) atoms. The second-order valence-electron chi connectivity index (χ2n) is 5.63. The van der Waals surface area contributed by atoms with Gasteiger partial charge in [0, 0.05) is 18.3 Å². The number of hydrogen-bond acceptors (Lipinski definition) is 5. The molecule has 1 N–H and O–H groups in total. The first-order valence-corrected chi connectivity index (χ1v) is 7.88. The summed E-state index contributed by atoms with van der Waals surface area (Å²) in [5.74, 6) is 0.267. The third kappa shape index (κ3) is 6.20. The van der Waals surface area contributed by atoms with Gasteiger partial charge < -0.3 is 4.74 Å². The Balaban J connectivity index is 1.76. The zero-order valence-electron chi connectivity index (χ0n) is 14.5. The zero-order valence-corrected chi connectivity index (χ0v) is 14.5. The number of benzene rings is 2. The number of rotatable bonds is 7. The summed E-state index contributed by atoms with van der Waals surface area (Å²) < 4.78 is 5.43. The van der Waals surface area contributed by atoms with Gasteiger partial charge in [0.25, 0.3) is 11.6 Å². The molecule has 0 aliphatic rings. The first-order valence-electron chi connectivity index (χ1n) is 7.88. The molecule has 0 heterocycles. The van der Waals surface area contributed by atoms with Gasteiger partial charge in [-0.1, -0.05) is 12.1 Å². The van der Waals surface area contributed by atoms with Crippen LogP contribution in [0.2, 0.25) is 0 Å². The minimum Gasteiger partial charge on any atom is -0.484 e. The molecular formula is C19H19N3O4. The summed E-state index contributed by atoms with van der Waals surface area (Å²) in [6.45, 7) is 3.79. The molecule has 1 amide bonds. The van der Waals surface area contributed by atoms with E-state index in [1.807, 2.05) is 32.0 Å². The van der Waals surface area contributed by atoms with Gasteiger partial charge in [-0.15, -0.1) is 0 Å². The van der Waals surface area contributed by atoms with Crippen LogP contribution in [0, 0.1) is 24.0 Å². The highest BCUT2D eigenvalue weighted by Gasteiger charge is 2.03. The monoisotopic (exact) mass is 353 g/mol. The Kier molecular flexibility index (Phi) is 6.61. The normalized spacial score (nSPS) is 11.0. The molecule has 2 aromatic carbocycles. The van der Waals surface area contributed by atoms with Crippen LogP contribution in [0.5, 0.6) is 5.75 Å². The molecule has 2 aromatic rings. The third-order valence-electron chi connectivity index (χ3n) is 3.31. The highest BCUT2D eigenvalue weighted by molar-refractivity contribution is 5.82. The van der Waals surface area contributed by atoms with Crippen molar-refractivity contribution >= 4 is 23.9 Å². The molecule has 0 saturated heterocycles. The van der Waals surface area contributed by atoms with E-state index in [1.54, 1.807) is 24.3 Å². The van der Waals surface area contributed by atoms with E-state index >= 15 is 0 Å². The van der Waals surface area contributed by atoms with Crippen LogP contribution < -0.4 is 10.2 Å². The lowest BCUT2D eigenvalue weighted by molar-refractivity contribution is -0.384. The van der Waals surface area contributed by atoms with Crippen molar-refractivity contribution in [1.29, 1.82) is 0 Å². The van der Waals surface area contributed by atoms with Crippen LogP contribution in [-0.4, -0.2) is 23.7 Å². The van der Waals surface area contributed by atoms with Crippen LogP contribution in [0.1, 0.15) is 16.7 Å². The van der Waals surface area contributed by atoms with E-state index in [0.717, 1.165) is 16.7 Å². The number of nitro groups is 1. The average Bonchev–Trinajstić information content (AvgIpc) is 2.59. The SMILES string of the molecule is Cc1cc(C)cc(OCC(=O)NN=CC=Cc2ccc([N+](=O)[O-])cc2)c1. The Labute approximate surface area is 151 Å². The molecule has 2 rings (SSSR count). The van der Waals surface area contributed by atoms with Gasteiger partial charge in [0.15, 0.2) is 6.61 Å². The Morgan fingerprint density at radius 1 is 1.19 bits per heavy atom. The van der Waals surface area contributed by atoms with Crippen LogP contribution in [0.15, 0.2) is 53.6 Å². The Morgan fingerprint density at radius 3 is 2.46 bits per heavy atom. The number of non-ortho nitro benzene ring substituents is 1. The van der Waals surface area contributed by atoms with Crippen molar-refractivity contribution in [3.05, 3.63) is 75.3 Å². The van der Waals surface area contributed by atoms with Crippen LogP contribution in [0.25, 0.3) is 6.08 Å². The molecule has 0 spiro atoms. The number of nitrogens with one attached hydrogen (secondary N) is 1. The molecule has 0 aromatic heterocycles. The minimum absolute atomic E-state index is 0.0342. The number of amides is 1. The van der Waals surface area contributed by atoms with Crippen molar-refractivity contribution in [2.45, 2.75) is 13.8 Å². The van der Waals surface area contributed by atoms with Gasteiger partial charge in [-0.2, -0.15) is 5.10 Å². The smallest absolute Gasteiger partial charge is 0.277 e. The number of nitrogens with zero attached hydrogens (tertiary/aromatic N) is 2. The molecule has 0 saturated carbocycles. The summed E-state index contributed by atoms with van der Waals surface area (Å²) >= 11 is 0. The fourth-order valence-electron chi connectivity index (χ4n) is 2.21. The fraction of sp³-hybridized carbons (Fsp3) is 0.158. The molecule has 0 fully saturated rings. The van der Waals surface area contributed by atoms with E-state index in [0.29, 0.717) is 5.75 Å². The topological polar surface area (TPSA) is 93.8 Å². The largest absolute Gasteiger partial charge is 0.484 e. The van der Waals surface area contributed by atoms with Crippen LogP contribution in [0.4, 0.5) is 5.69 Å². The highest BCUT2D eigenvalue weighted by Crippen LogP contribution is 2.16. The number of ether oxygens (including phenoxy) is 1. The lowest BCUT2D eigenvalue weighted by Gasteiger charge is -2.07. The minimum atomic E-state index is -0.454. The first-order chi connectivity index (χ1) is 12.4. The second kappa shape index (κ2) is 9.12. The Hall–Kier alpha value is -3.48. The molecule has 134 valence electrons. The van der Waals surface area contributed by atoms with Crippen molar-refractivity contribution in [2.75, 3.05) is 6.61 Å². The summed E-state index contributed by atoms with van der Waals surface area (Å²) in [5, 5.41) is 14.3. The molecule has 7 heteroatoms. The number of aryl methyl sites for hydroxylation is 2. The standard InChI is InChI=1S/C19H19N3O4/c1-14-10-15(2)12-18(11-14)26-13-19(23)21-20-9-3-4-16-5-7-17(8-6-16)22(24)25/h3-12H,13H2,1-2H3,(H,21,23). The number of hydrazone groups is 1. The van der Waals surface area contributed by atoms with Crippen molar-refractivity contribution < 1.29 is 14.5 Å². The molecule has 0 bridgehead atoms. The number of nitro benzene ring substituents is 1. The summed E-state index contributed by atoms with van der Waals surface area (Å²) in [5.41, 5.74) is 5.30. The second-order valence-corrected chi connectivity index (χ2v) is 5.63. The number of carbonyl (C=O) groups is 1. The van der Waals surface area contributed by atoms with Crippen molar-refractivity contribution in [3.63, 3.8) is 0 Å². The molecule has 0 radical (unpaired) electrons. The van der Waals surface area contributed by atoms with E-state index in [1.165, 1.54) is 18.3 Å².